The van der Waals surface area contributed by atoms with E-state index in [1.54, 1.807) is 0 Å². The van der Waals surface area contributed by atoms with Gasteiger partial charge in [-0.2, -0.15) is 0 Å². The summed E-state index contributed by atoms with van der Waals surface area (Å²) < 4.78 is 24.8. The fourth-order valence-corrected chi connectivity index (χ4v) is 3.56. The number of halogens is 2. The van der Waals surface area contributed by atoms with Crippen molar-refractivity contribution in [1.82, 2.24) is 4.90 Å². The predicted octanol–water partition coefficient (Wildman–Crippen LogP) is 3.78. The lowest BCUT2D eigenvalue weighted by molar-refractivity contribution is -0.146. The quantitative estimate of drug-likeness (QED) is 0.704. The first-order chi connectivity index (χ1) is 12.4. The van der Waals surface area contributed by atoms with Gasteiger partial charge in [-0.05, 0) is 42.3 Å². The minimum absolute atomic E-state index is 0.224. The van der Waals surface area contributed by atoms with Gasteiger partial charge in [0.1, 0.15) is 11.6 Å². The van der Waals surface area contributed by atoms with Gasteiger partial charge in [-0.15, -0.1) is 0 Å². The van der Waals surface area contributed by atoms with Crippen LogP contribution in [0.5, 0.6) is 5.75 Å². The van der Waals surface area contributed by atoms with Gasteiger partial charge in [-0.3, -0.25) is 4.79 Å². The number of amides is 1. The lowest BCUT2D eigenvalue weighted by Gasteiger charge is -2.27. The molecule has 0 saturated carbocycles. The molecule has 0 bridgehead atoms. The van der Waals surface area contributed by atoms with E-state index in [2.05, 4.69) is 15.9 Å². The molecule has 0 N–H and O–H groups in total. The maximum absolute atomic E-state index is 13.9. The Labute approximate surface area is 158 Å². The zero-order valence-corrected chi connectivity index (χ0v) is 16.1. The van der Waals surface area contributed by atoms with Crippen molar-refractivity contribution in [3.05, 3.63) is 62.9 Å². The van der Waals surface area contributed by atoms with E-state index in [1.165, 1.54) is 37.3 Å². The molecule has 1 amide bonds. The van der Waals surface area contributed by atoms with Crippen LogP contribution in [0.15, 0.2) is 34.8 Å². The third-order valence-corrected chi connectivity index (χ3v) is 5.38. The second kappa shape index (κ2) is 7.07. The largest absolute Gasteiger partial charge is 0.496 e. The summed E-state index contributed by atoms with van der Waals surface area (Å²) >= 11 is 3.42. The molecule has 7 heteroatoms. The van der Waals surface area contributed by atoms with Gasteiger partial charge >= 0.3 is 5.97 Å². The maximum Gasteiger partial charge on any atom is 0.333 e. The number of hydrogen-bond acceptors (Lipinski definition) is 4. The highest BCUT2D eigenvalue weighted by Gasteiger charge is 2.40. The van der Waals surface area contributed by atoms with Gasteiger partial charge in [0.05, 0.1) is 14.2 Å². The van der Waals surface area contributed by atoms with Crippen molar-refractivity contribution in [2.24, 2.45) is 0 Å². The summed E-state index contributed by atoms with van der Waals surface area (Å²) in [5.41, 5.74) is 2.39. The average molecular weight is 422 g/mol. The standard InChI is InChI=1S/C19H17BrFNO4/c1-10-14(20)6-4-11-9-22(18(23)16(10)11)17(19(24)26-3)13-8-12(21)5-7-15(13)25-2/h4-8,17H,9H2,1-3H3/t17-/m1/s1. The Balaban J connectivity index is 2.12. The van der Waals surface area contributed by atoms with E-state index in [1.807, 2.05) is 19.1 Å². The Morgan fingerprint density at radius 2 is 2.00 bits per heavy atom. The van der Waals surface area contributed by atoms with Crippen LogP contribution in [0, 0.1) is 12.7 Å². The lowest BCUT2D eigenvalue weighted by Crippen LogP contribution is -2.35. The minimum Gasteiger partial charge on any atom is -0.496 e. The van der Waals surface area contributed by atoms with Crippen LogP contribution in [-0.4, -0.2) is 31.0 Å². The van der Waals surface area contributed by atoms with Crippen molar-refractivity contribution in [2.75, 3.05) is 14.2 Å². The zero-order valence-electron chi connectivity index (χ0n) is 14.5. The SMILES string of the molecule is COC(=O)[C@@H](c1cc(F)ccc1OC)N1Cc2ccc(Br)c(C)c2C1=O. The second-order valence-electron chi connectivity index (χ2n) is 5.95. The van der Waals surface area contributed by atoms with E-state index in [0.29, 0.717) is 11.3 Å². The summed E-state index contributed by atoms with van der Waals surface area (Å²) in [6.07, 6.45) is 0. The van der Waals surface area contributed by atoms with Crippen LogP contribution in [0.1, 0.15) is 33.1 Å². The fourth-order valence-electron chi connectivity index (χ4n) is 3.23. The number of fused-ring (bicyclic) bond motifs is 1. The van der Waals surface area contributed by atoms with Crippen molar-refractivity contribution in [3.8, 4) is 5.75 Å². The predicted molar refractivity (Wildman–Crippen MR) is 96.5 cm³/mol. The maximum atomic E-state index is 13.9. The van der Waals surface area contributed by atoms with E-state index >= 15 is 0 Å². The van der Waals surface area contributed by atoms with Crippen molar-refractivity contribution < 1.29 is 23.5 Å². The molecule has 1 aliphatic heterocycles. The topological polar surface area (TPSA) is 55.8 Å². The molecule has 0 aliphatic carbocycles. The summed E-state index contributed by atoms with van der Waals surface area (Å²) in [7, 11) is 2.66. The van der Waals surface area contributed by atoms with E-state index in [0.717, 1.165) is 15.6 Å². The van der Waals surface area contributed by atoms with Gasteiger partial charge in [-0.1, -0.05) is 22.0 Å². The molecule has 1 aliphatic rings. The zero-order chi connectivity index (χ0) is 19.0. The summed E-state index contributed by atoms with van der Waals surface area (Å²) in [5.74, 6) is -1.19. The van der Waals surface area contributed by atoms with E-state index in [-0.39, 0.29) is 18.0 Å². The summed E-state index contributed by atoms with van der Waals surface area (Å²) in [6.45, 7) is 2.06. The van der Waals surface area contributed by atoms with E-state index in [9.17, 15) is 14.0 Å². The Bertz CT molecular complexity index is 899. The van der Waals surface area contributed by atoms with Crippen molar-refractivity contribution in [1.29, 1.82) is 0 Å². The number of esters is 1. The minimum atomic E-state index is -1.11. The highest BCUT2D eigenvalue weighted by molar-refractivity contribution is 9.10. The monoisotopic (exact) mass is 421 g/mol. The van der Waals surface area contributed by atoms with E-state index < -0.39 is 17.8 Å². The van der Waals surface area contributed by atoms with Gasteiger partial charge in [0, 0.05) is 22.1 Å². The molecule has 0 saturated heterocycles. The Morgan fingerprint density at radius 1 is 1.27 bits per heavy atom. The molecule has 0 spiro atoms. The highest BCUT2D eigenvalue weighted by Crippen LogP contribution is 2.38. The normalized spacial score (nSPS) is 14.2. The number of ether oxygens (including phenoxy) is 2. The summed E-state index contributed by atoms with van der Waals surface area (Å²) in [5, 5.41) is 0. The number of rotatable bonds is 4. The van der Waals surface area contributed by atoms with Gasteiger partial charge in [0.2, 0.25) is 0 Å². The molecule has 1 atom stereocenters. The molecule has 2 aromatic carbocycles. The average Bonchev–Trinajstić information content (AvgIpc) is 2.95. The molecule has 2 aromatic rings. The first kappa shape index (κ1) is 18.4. The number of carbonyl (C=O) groups is 2. The van der Waals surface area contributed by atoms with Gasteiger partial charge in [-0.25, -0.2) is 9.18 Å². The number of benzene rings is 2. The van der Waals surface area contributed by atoms with Crippen molar-refractivity contribution in [3.63, 3.8) is 0 Å². The molecule has 5 nitrogen and oxygen atoms in total. The van der Waals surface area contributed by atoms with Gasteiger partial charge in [0.15, 0.2) is 6.04 Å². The third kappa shape index (κ3) is 2.96. The Kier molecular flexibility index (Phi) is 5.00. The molecule has 26 heavy (non-hydrogen) atoms. The highest BCUT2D eigenvalue weighted by atomic mass is 79.9. The van der Waals surface area contributed by atoms with Crippen LogP contribution in [-0.2, 0) is 16.1 Å². The van der Waals surface area contributed by atoms with Crippen LogP contribution < -0.4 is 4.74 Å². The number of methoxy groups -OCH3 is 2. The summed E-state index contributed by atoms with van der Waals surface area (Å²) in [6, 6.07) is 6.44. The molecular formula is C19H17BrFNO4. The number of hydrogen-bond donors (Lipinski definition) is 0. The van der Waals surface area contributed by atoms with Gasteiger partial charge < -0.3 is 14.4 Å². The first-order valence-corrected chi connectivity index (χ1v) is 8.68. The molecular weight excluding hydrogens is 405 g/mol. The second-order valence-corrected chi connectivity index (χ2v) is 6.81. The van der Waals surface area contributed by atoms with Crippen molar-refractivity contribution >= 4 is 27.8 Å². The molecule has 0 radical (unpaired) electrons. The van der Waals surface area contributed by atoms with Crippen LogP contribution in [0.25, 0.3) is 0 Å². The molecule has 136 valence electrons. The lowest BCUT2D eigenvalue weighted by atomic mass is 10.0. The number of carbonyl (C=O) groups excluding carboxylic acids is 2. The number of nitrogens with zero attached hydrogens (tertiary/aromatic N) is 1. The molecule has 0 unspecified atom stereocenters. The molecule has 0 fully saturated rings. The first-order valence-electron chi connectivity index (χ1n) is 7.89. The summed E-state index contributed by atoms with van der Waals surface area (Å²) in [4.78, 5) is 27.0. The Hall–Kier alpha value is -2.41. The van der Waals surface area contributed by atoms with E-state index in [4.69, 9.17) is 9.47 Å². The van der Waals surface area contributed by atoms with Gasteiger partial charge in [0.25, 0.3) is 5.91 Å². The molecule has 3 rings (SSSR count). The molecule has 0 aromatic heterocycles. The van der Waals surface area contributed by atoms with Crippen LogP contribution in [0.4, 0.5) is 4.39 Å². The smallest absolute Gasteiger partial charge is 0.333 e. The van der Waals surface area contributed by atoms with Crippen molar-refractivity contribution in [2.45, 2.75) is 19.5 Å². The van der Waals surface area contributed by atoms with Crippen LogP contribution >= 0.6 is 15.9 Å². The molecule has 1 heterocycles. The van der Waals surface area contributed by atoms with Crippen LogP contribution in [0.2, 0.25) is 0 Å². The Morgan fingerprint density at radius 3 is 2.65 bits per heavy atom. The van der Waals surface area contributed by atoms with Crippen LogP contribution in [0.3, 0.4) is 0 Å². The third-order valence-electron chi connectivity index (χ3n) is 4.52. The fraction of sp³-hybridized carbons (Fsp3) is 0.263.